The summed E-state index contributed by atoms with van der Waals surface area (Å²) in [6, 6.07) is 12.0. The highest BCUT2D eigenvalue weighted by atomic mass is 16.2. The van der Waals surface area contributed by atoms with E-state index >= 15 is 0 Å². The molecule has 14 N–H and O–H groups in total. The van der Waals surface area contributed by atoms with Gasteiger partial charge in [-0.05, 0) is 49.9 Å². The van der Waals surface area contributed by atoms with Gasteiger partial charge in [0, 0.05) is 13.0 Å². The van der Waals surface area contributed by atoms with Crippen LogP contribution in [0.1, 0.15) is 44.9 Å². The molecule has 14 nitrogen and oxygen atoms in total. The lowest BCUT2D eigenvalue weighted by Crippen LogP contribution is -2.49. The van der Waals surface area contributed by atoms with Gasteiger partial charge in [0.1, 0.15) is 6.04 Å². The van der Waals surface area contributed by atoms with Gasteiger partial charge in [-0.15, -0.1) is 0 Å². The van der Waals surface area contributed by atoms with Gasteiger partial charge in [-0.2, -0.15) is 0 Å². The maximum Gasteiger partial charge on any atom is 0.247 e. The summed E-state index contributed by atoms with van der Waals surface area (Å²) in [5.74, 6) is -1.74. The second-order valence-corrected chi connectivity index (χ2v) is 9.70. The van der Waals surface area contributed by atoms with Gasteiger partial charge in [-0.25, -0.2) is 0 Å². The molecule has 14 heteroatoms. The van der Waals surface area contributed by atoms with Gasteiger partial charge in [0.2, 0.25) is 23.6 Å². The SMILES string of the molecule is NC(N)=NCCC[C@H](N)C(=O)NCC(=O)N[C@@H](CCCCCC(=O)Nc1ccccc1N)C(=O)Nc1ccccc1N. The summed E-state index contributed by atoms with van der Waals surface area (Å²) in [5.41, 5.74) is 30.0. The molecule has 0 unspecified atom stereocenters. The van der Waals surface area contributed by atoms with Crippen LogP contribution in [-0.2, 0) is 19.2 Å². The third-order valence-corrected chi connectivity index (χ3v) is 6.23. The molecule has 4 amide bonds. The Balaban J connectivity index is 1.86. The minimum absolute atomic E-state index is 0.0441. The summed E-state index contributed by atoms with van der Waals surface area (Å²) in [6.45, 7) is -0.0284. The Labute approximate surface area is 245 Å². The van der Waals surface area contributed by atoms with Crippen LogP contribution in [0, 0.1) is 0 Å². The first-order chi connectivity index (χ1) is 20.1. The zero-order chi connectivity index (χ0) is 30.9. The minimum Gasteiger partial charge on any atom is -0.397 e. The van der Waals surface area contributed by atoms with Gasteiger partial charge < -0.3 is 49.9 Å². The number of hydrogen-bond acceptors (Lipinski definition) is 8. The predicted octanol–water partition coefficient (Wildman–Crippen LogP) is 0.361. The quantitative estimate of drug-likeness (QED) is 0.0539. The summed E-state index contributed by atoms with van der Waals surface area (Å²) in [5, 5.41) is 10.7. The molecule has 0 aliphatic heterocycles. The van der Waals surface area contributed by atoms with Crippen molar-refractivity contribution in [3.05, 3.63) is 48.5 Å². The van der Waals surface area contributed by atoms with Gasteiger partial charge in [-0.1, -0.05) is 37.1 Å². The first-order valence-corrected chi connectivity index (χ1v) is 13.7. The monoisotopic (exact) mass is 582 g/mol. The van der Waals surface area contributed by atoms with Crippen LogP contribution in [-0.4, -0.2) is 54.8 Å². The number of nitrogens with zero attached hydrogens (tertiary/aromatic N) is 1. The van der Waals surface area contributed by atoms with Crippen molar-refractivity contribution in [2.24, 2.45) is 22.2 Å². The molecular weight excluding hydrogens is 540 g/mol. The smallest absolute Gasteiger partial charge is 0.247 e. The molecular formula is C28H42N10O4. The van der Waals surface area contributed by atoms with E-state index in [-0.39, 0.29) is 24.8 Å². The number of para-hydroxylation sites is 4. The van der Waals surface area contributed by atoms with E-state index in [9.17, 15) is 19.2 Å². The largest absolute Gasteiger partial charge is 0.397 e. The standard InChI is InChI=1S/C28H42N10O4/c29-18-9-4-6-12-21(18)36-24(39)15-3-1-2-14-23(27(42)38-22-13-7-5-10-19(22)30)37-25(40)17-35-26(41)20(31)11-8-16-34-28(32)33/h4-7,9-10,12-13,20,23H,1-3,8,11,14-17,29-31H2,(H,35,41)(H,36,39)(H,37,40)(H,38,42)(H4,32,33,34)/t20-,23-/m0/s1. The molecule has 0 bridgehead atoms. The van der Waals surface area contributed by atoms with E-state index in [1.165, 1.54) is 0 Å². The molecule has 0 fully saturated rings. The van der Waals surface area contributed by atoms with Crippen molar-refractivity contribution in [3.8, 4) is 0 Å². The Morgan fingerprint density at radius 1 is 0.738 bits per heavy atom. The molecule has 0 saturated carbocycles. The summed E-state index contributed by atoms with van der Waals surface area (Å²) < 4.78 is 0. The third kappa shape index (κ3) is 12.6. The van der Waals surface area contributed by atoms with Crippen LogP contribution in [0.15, 0.2) is 53.5 Å². The summed E-state index contributed by atoms with van der Waals surface area (Å²) in [7, 11) is 0. The Bertz CT molecular complexity index is 1230. The van der Waals surface area contributed by atoms with Gasteiger partial charge in [0.25, 0.3) is 0 Å². The number of carbonyl (C=O) groups excluding carboxylic acids is 4. The van der Waals surface area contributed by atoms with E-state index in [0.717, 1.165) is 0 Å². The average Bonchev–Trinajstić information content (AvgIpc) is 2.95. The molecule has 0 saturated heterocycles. The van der Waals surface area contributed by atoms with E-state index in [0.29, 0.717) is 67.8 Å². The van der Waals surface area contributed by atoms with Crippen molar-refractivity contribution >= 4 is 52.3 Å². The molecule has 0 heterocycles. The first-order valence-electron chi connectivity index (χ1n) is 13.7. The van der Waals surface area contributed by atoms with Gasteiger partial charge in [0.05, 0.1) is 35.3 Å². The van der Waals surface area contributed by atoms with Crippen molar-refractivity contribution < 1.29 is 19.2 Å². The Hall–Kier alpha value is -4.85. The highest BCUT2D eigenvalue weighted by molar-refractivity contribution is 5.99. The van der Waals surface area contributed by atoms with E-state index in [1.807, 2.05) is 0 Å². The molecule has 0 aliphatic carbocycles. The Morgan fingerprint density at radius 3 is 1.98 bits per heavy atom. The zero-order valence-electron chi connectivity index (χ0n) is 23.6. The number of rotatable bonds is 17. The highest BCUT2D eigenvalue weighted by Crippen LogP contribution is 2.19. The lowest BCUT2D eigenvalue weighted by molar-refractivity contribution is -0.128. The molecule has 228 valence electrons. The molecule has 2 aromatic rings. The average molecular weight is 583 g/mol. The number of guanidine groups is 1. The number of nitrogens with two attached hydrogens (primary N) is 5. The predicted molar refractivity (Wildman–Crippen MR) is 165 cm³/mol. The van der Waals surface area contributed by atoms with E-state index in [4.69, 9.17) is 28.7 Å². The number of amides is 4. The van der Waals surface area contributed by atoms with Crippen LogP contribution >= 0.6 is 0 Å². The maximum atomic E-state index is 13.1. The molecule has 0 aromatic heterocycles. The van der Waals surface area contributed by atoms with Crippen LogP contribution in [0.5, 0.6) is 0 Å². The fourth-order valence-corrected chi connectivity index (χ4v) is 3.93. The number of hydrogen-bond donors (Lipinski definition) is 9. The normalized spacial score (nSPS) is 11.9. The molecule has 0 radical (unpaired) electrons. The van der Waals surface area contributed by atoms with Gasteiger partial charge >= 0.3 is 0 Å². The second kappa shape index (κ2) is 17.8. The third-order valence-electron chi connectivity index (χ3n) is 6.23. The maximum absolute atomic E-state index is 13.1. The Kier molecular flexibility index (Phi) is 14.1. The lowest BCUT2D eigenvalue weighted by atomic mass is 10.1. The summed E-state index contributed by atoms with van der Waals surface area (Å²) in [4.78, 5) is 54.1. The number of nitrogen functional groups attached to an aromatic ring is 2. The molecule has 0 aliphatic rings. The van der Waals surface area contributed by atoms with Crippen molar-refractivity contribution in [2.45, 2.75) is 57.0 Å². The van der Waals surface area contributed by atoms with Crippen molar-refractivity contribution in [1.82, 2.24) is 10.6 Å². The summed E-state index contributed by atoms with van der Waals surface area (Å²) >= 11 is 0. The first kappa shape index (κ1) is 33.4. The van der Waals surface area contributed by atoms with Crippen LogP contribution in [0.3, 0.4) is 0 Å². The van der Waals surface area contributed by atoms with E-state index in [1.54, 1.807) is 48.5 Å². The second-order valence-electron chi connectivity index (χ2n) is 9.70. The number of aliphatic imine (C=N–C) groups is 1. The number of nitrogens with one attached hydrogen (secondary N) is 4. The number of benzene rings is 2. The van der Waals surface area contributed by atoms with Crippen LogP contribution in [0.2, 0.25) is 0 Å². The number of unbranched alkanes of at least 4 members (excludes halogenated alkanes) is 2. The van der Waals surface area contributed by atoms with Crippen molar-refractivity contribution in [1.29, 1.82) is 0 Å². The van der Waals surface area contributed by atoms with Crippen LogP contribution in [0.25, 0.3) is 0 Å². The summed E-state index contributed by atoms with van der Waals surface area (Å²) in [6.07, 6.45) is 3.15. The molecule has 2 aromatic carbocycles. The van der Waals surface area contributed by atoms with E-state index in [2.05, 4.69) is 26.3 Å². The Morgan fingerprint density at radius 2 is 1.36 bits per heavy atom. The van der Waals surface area contributed by atoms with Crippen LogP contribution in [0.4, 0.5) is 22.7 Å². The number of carbonyl (C=O) groups is 4. The minimum atomic E-state index is -0.903. The van der Waals surface area contributed by atoms with Gasteiger partial charge in [-0.3, -0.25) is 24.2 Å². The molecule has 0 spiro atoms. The van der Waals surface area contributed by atoms with Crippen molar-refractivity contribution in [3.63, 3.8) is 0 Å². The molecule has 42 heavy (non-hydrogen) atoms. The van der Waals surface area contributed by atoms with E-state index < -0.39 is 29.8 Å². The number of anilines is 4. The van der Waals surface area contributed by atoms with Gasteiger partial charge in [0.15, 0.2) is 5.96 Å². The topological polar surface area (TPSA) is 259 Å². The molecule has 2 atom stereocenters. The molecule has 2 rings (SSSR count). The van der Waals surface area contributed by atoms with Crippen molar-refractivity contribution in [2.75, 3.05) is 35.2 Å². The fraction of sp³-hybridized carbons (Fsp3) is 0.393. The van der Waals surface area contributed by atoms with Crippen LogP contribution < -0.4 is 49.9 Å². The lowest BCUT2D eigenvalue weighted by Gasteiger charge is -2.20. The highest BCUT2D eigenvalue weighted by Gasteiger charge is 2.22. The zero-order valence-corrected chi connectivity index (χ0v) is 23.6. The fourth-order valence-electron chi connectivity index (χ4n) is 3.93.